The predicted molar refractivity (Wildman–Crippen MR) is 53.8 cm³/mol. The topological polar surface area (TPSA) is 56.0 Å². The summed E-state index contributed by atoms with van der Waals surface area (Å²) in [6, 6.07) is 6.07. The molecule has 0 radical (unpaired) electrons. The largest absolute Gasteiger partial charge is 0.391 e. The summed E-state index contributed by atoms with van der Waals surface area (Å²) in [4.78, 5) is 0. The van der Waals surface area contributed by atoms with Gasteiger partial charge in [0.25, 0.3) is 0 Å². The number of nitriles is 1. The maximum absolute atomic E-state index is 13.4. The Labute approximate surface area is 87.2 Å². The van der Waals surface area contributed by atoms with E-state index in [2.05, 4.69) is 5.32 Å². The molecule has 4 heteroatoms. The van der Waals surface area contributed by atoms with Gasteiger partial charge in [-0.2, -0.15) is 5.26 Å². The van der Waals surface area contributed by atoms with Crippen LogP contribution in [0.3, 0.4) is 0 Å². The minimum Gasteiger partial charge on any atom is -0.391 e. The van der Waals surface area contributed by atoms with Gasteiger partial charge in [0.15, 0.2) is 0 Å². The van der Waals surface area contributed by atoms with Crippen LogP contribution >= 0.6 is 0 Å². The van der Waals surface area contributed by atoms with Crippen LogP contribution in [0.4, 0.5) is 10.1 Å². The van der Waals surface area contributed by atoms with Gasteiger partial charge in [-0.05, 0) is 31.0 Å². The molecule has 1 aliphatic carbocycles. The van der Waals surface area contributed by atoms with Crippen molar-refractivity contribution in [1.82, 2.24) is 0 Å². The highest BCUT2D eigenvalue weighted by molar-refractivity contribution is 5.49. The Balaban J connectivity index is 2.12. The lowest BCUT2D eigenvalue weighted by molar-refractivity contribution is 0.0784. The Hall–Kier alpha value is -1.60. The molecule has 78 valence electrons. The van der Waals surface area contributed by atoms with Crippen molar-refractivity contribution < 1.29 is 9.50 Å². The minimum atomic E-state index is -0.451. The molecule has 2 atom stereocenters. The van der Waals surface area contributed by atoms with E-state index in [0.29, 0.717) is 11.3 Å². The fraction of sp³-hybridized carbons (Fsp3) is 0.364. The Bertz CT molecular complexity index is 414. The predicted octanol–water partition coefficient (Wildman–Crippen LogP) is 1.63. The maximum atomic E-state index is 13.4. The number of halogens is 1. The van der Waals surface area contributed by atoms with Gasteiger partial charge in [-0.25, -0.2) is 4.39 Å². The van der Waals surface area contributed by atoms with Crippen molar-refractivity contribution in [2.24, 2.45) is 0 Å². The van der Waals surface area contributed by atoms with E-state index < -0.39 is 5.82 Å². The monoisotopic (exact) mass is 206 g/mol. The highest BCUT2D eigenvalue weighted by atomic mass is 19.1. The van der Waals surface area contributed by atoms with Gasteiger partial charge in [-0.3, -0.25) is 0 Å². The van der Waals surface area contributed by atoms with Crippen LogP contribution in [-0.4, -0.2) is 17.3 Å². The molecule has 0 aromatic heterocycles. The lowest BCUT2D eigenvalue weighted by atomic mass is 9.89. The molecule has 2 rings (SSSR count). The standard InChI is InChI=1S/C11H11FN2O/c12-8-5-7(6-13)1-2-9(8)14-10-3-4-11(10)15/h1-2,5,10-11,14-15H,3-4H2/t10-,11-/m1/s1. The molecule has 1 aliphatic rings. The molecule has 3 nitrogen and oxygen atoms in total. The summed E-state index contributed by atoms with van der Waals surface area (Å²) in [5.41, 5.74) is 0.643. The van der Waals surface area contributed by atoms with Gasteiger partial charge >= 0.3 is 0 Å². The first-order valence-corrected chi connectivity index (χ1v) is 4.85. The molecule has 2 N–H and O–H groups in total. The Morgan fingerprint density at radius 1 is 1.47 bits per heavy atom. The van der Waals surface area contributed by atoms with Crippen LogP contribution in [0.1, 0.15) is 18.4 Å². The molecule has 0 aliphatic heterocycles. The second kappa shape index (κ2) is 3.87. The lowest BCUT2D eigenvalue weighted by Gasteiger charge is -2.33. The van der Waals surface area contributed by atoms with E-state index >= 15 is 0 Å². The third-order valence-corrected chi connectivity index (χ3v) is 2.68. The van der Waals surface area contributed by atoms with Crippen LogP contribution in [0, 0.1) is 17.1 Å². The third kappa shape index (κ3) is 1.92. The minimum absolute atomic E-state index is 0.0626. The van der Waals surface area contributed by atoms with E-state index in [0.717, 1.165) is 12.8 Å². The number of hydrogen-bond acceptors (Lipinski definition) is 3. The van der Waals surface area contributed by atoms with E-state index in [1.54, 1.807) is 6.07 Å². The molecule has 1 aromatic carbocycles. The number of benzene rings is 1. The summed E-state index contributed by atoms with van der Waals surface area (Å²) in [6.45, 7) is 0. The van der Waals surface area contributed by atoms with Crippen LogP contribution in [-0.2, 0) is 0 Å². The molecular weight excluding hydrogens is 195 g/mol. The van der Waals surface area contributed by atoms with Crippen molar-refractivity contribution in [3.8, 4) is 6.07 Å². The number of rotatable bonds is 2. The number of aliphatic hydroxyl groups excluding tert-OH is 1. The molecule has 0 unspecified atom stereocenters. The fourth-order valence-corrected chi connectivity index (χ4v) is 1.55. The summed E-state index contributed by atoms with van der Waals surface area (Å²) < 4.78 is 13.4. The van der Waals surface area contributed by atoms with E-state index in [9.17, 15) is 9.50 Å². The second-order valence-corrected chi connectivity index (χ2v) is 3.70. The highest BCUT2D eigenvalue weighted by Crippen LogP contribution is 2.25. The van der Waals surface area contributed by atoms with Crippen molar-refractivity contribution in [2.75, 3.05) is 5.32 Å². The second-order valence-electron chi connectivity index (χ2n) is 3.70. The normalized spacial score (nSPS) is 24.1. The van der Waals surface area contributed by atoms with Crippen molar-refractivity contribution in [2.45, 2.75) is 25.0 Å². The zero-order valence-electron chi connectivity index (χ0n) is 8.07. The van der Waals surface area contributed by atoms with Gasteiger partial charge in [0, 0.05) is 0 Å². The van der Waals surface area contributed by atoms with Crippen molar-refractivity contribution in [3.05, 3.63) is 29.6 Å². The SMILES string of the molecule is N#Cc1ccc(N[C@@H]2CC[C@H]2O)c(F)c1. The Morgan fingerprint density at radius 2 is 2.27 bits per heavy atom. The molecule has 0 saturated heterocycles. The van der Waals surface area contributed by atoms with E-state index in [4.69, 9.17) is 5.26 Å². The maximum Gasteiger partial charge on any atom is 0.147 e. The molecule has 15 heavy (non-hydrogen) atoms. The van der Waals surface area contributed by atoms with Gasteiger partial charge in [0.1, 0.15) is 5.82 Å². The molecule has 1 aromatic rings. The number of nitrogens with zero attached hydrogens (tertiary/aromatic N) is 1. The lowest BCUT2D eigenvalue weighted by Crippen LogP contribution is -2.42. The summed E-state index contributed by atoms with van der Waals surface area (Å²) in [7, 11) is 0. The van der Waals surface area contributed by atoms with Crippen LogP contribution < -0.4 is 5.32 Å². The molecule has 1 fully saturated rings. The quantitative estimate of drug-likeness (QED) is 0.773. The van der Waals surface area contributed by atoms with Gasteiger partial charge in [0.05, 0.1) is 29.5 Å². The summed E-state index contributed by atoms with van der Waals surface area (Å²) in [5.74, 6) is -0.451. The number of nitrogens with one attached hydrogen (secondary N) is 1. The van der Waals surface area contributed by atoms with Crippen LogP contribution in [0.2, 0.25) is 0 Å². The first-order valence-electron chi connectivity index (χ1n) is 4.85. The van der Waals surface area contributed by atoms with Crippen molar-refractivity contribution in [1.29, 1.82) is 5.26 Å². The van der Waals surface area contributed by atoms with Gasteiger partial charge in [0.2, 0.25) is 0 Å². The molecule has 0 bridgehead atoms. The molecule has 0 spiro atoms. The molecular formula is C11H11FN2O. The van der Waals surface area contributed by atoms with E-state index in [1.807, 2.05) is 6.07 Å². The Morgan fingerprint density at radius 3 is 2.73 bits per heavy atom. The smallest absolute Gasteiger partial charge is 0.147 e. The number of aliphatic hydroxyl groups is 1. The van der Waals surface area contributed by atoms with Crippen molar-refractivity contribution >= 4 is 5.69 Å². The zero-order chi connectivity index (χ0) is 10.8. The van der Waals surface area contributed by atoms with Crippen molar-refractivity contribution in [3.63, 3.8) is 0 Å². The molecule has 1 saturated carbocycles. The number of anilines is 1. The summed E-state index contributed by atoms with van der Waals surface area (Å²) in [6.07, 6.45) is 1.22. The molecule has 0 heterocycles. The summed E-state index contributed by atoms with van der Waals surface area (Å²) in [5, 5.41) is 20.8. The number of hydrogen-bond donors (Lipinski definition) is 2. The highest BCUT2D eigenvalue weighted by Gasteiger charge is 2.29. The Kier molecular flexibility index (Phi) is 2.57. The first kappa shape index (κ1) is 9.94. The van der Waals surface area contributed by atoms with Gasteiger partial charge in [-0.1, -0.05) is 0 Å². The average molecular weight is 206 g/mol. The zero-order valence-corrected chi connectivity index (χ0v) is 8.07. The van der Waals surface area contributed by atoms with Crippen LogP contribution in [0.5, 0.6) is 0 Å². The first-order chi connectivity index (χ1) is 7.20. The van der Waals surface area contributed by atoms with Crippen LogP contribution in [0.15, 0.2) is 18.2 Å². The van der Waals surface area contributed by atoms with E-state index in [-0.39, 0.29) is 12.1 Å². The third-order valence-electron chi connectivity index (χ3n) is 2.68. The van der Waals surface area contributed by atoms with E-state index in [1.165, 1.54) is 12.1 Å². The average Bonchev–Trinajstić information content (AvgIpc) is 2.25. The summed E-state index contributed by atoms with van der Waals surface area (Å²) >= 11 is 0. The van der Waals surface area contributed by atoms with Gasteiger partial charge < -0.3 is 10.4 Å². The van der Waals surface area contributed by atoms with Gasteiger partial charge in [-0.15, -0.1) is 0 Å². The fourth-order valence-electron chi connectivity index (χ4n) is 1.55. The molecule has 0 amide bonds. The van der Waals surface area contributed by atoms with Crippen LogP contribution in [0.25, 0.3) is 0 Å².